The summed E-state index contributed by atoms with van der Waals surface area (Å²) in [5.41, 5.74) is 6.45. The SMILES string of the molecule is Nc1nc2c(s1)CN[C@H](O)C2. The van der Waals surface area contributed by atoms with Crippen molar-refractivity contribution in [2.75, 3.05) is 5.73 Å². The molecule has 0 saturated heterocycles. The predicted molar refractivity (Wildman–Crippen MR) is 43.1 cm³/mol. The summed E-state index contributed by atoms with van der Waals surface area (Å²) in [6.07, 6.45) is 0.118. The second-order valence-electron chi connectivity index (χ2n) is 2.52. The van der Waals surface area contributed by atoms with Gasteiger partial charge in [0.1, 0.15) is 6.23 Å². The van der Waals surface area contributed by atoms with Crippen molar-refractivity contribution in [2.24, 2.45) is 0 Å². The summed E-state index contributed by atoms with van der Waals surface area (Å²) in [5.74, 6) is 0. The van der Waals surface area contributed by atoms with E-state index in [1.807, 2.05) is 0 Å². The van der Waals surface area contributed by atoms with Crippen LogP contribution in [0.3, 0.4) is 0 Å². The van der Waals surface area contributed by atoms with Crippen molar-refractivity contribution in [1.82, 2.24) is 10.3 Å². The molecule has 2 rings (SSSR count). The fourth-order valence-electron chi connectivity index (χ4n) is 1.17. The highest BCUT2D eigenvalue weighted by atomic mass is 32.1. The summed E-state index contributed by atoms with van der Waals surface area (Å²) in [7, 11) is 0. The van der Waals surface area contributed by atoms with Crippen molar-refractivity contribution >= 4 is 16.5 Å². The number of anilines is 1. The van der Waals surface area contributed by atoms with E-state index in [2.05, 4.69) is 10.3 Å². The number of nitrogen functional groups attached to an aromatic ring is 1. The minimum Gasteiger partial charge on any atom is -0.378 e. The number of aliphatic hydroxyl groups excluding tert-OH is 1. The molecule has 60 valence electrons. The third kappa shape index (κ3) is 1.22. The maximum atomic E-state index is 9.18. The average Bonchev–Trinajstić information content (AvgIpc) is 2.27. The first-order valence-electron chi connectivity index (χ1n) is 3.41. The van der Waals surface area contributed by atoms with Crippen LogP contribution in [0.5, 0.6) is 0 Å². The molecule has 0 unspecified atom stereocenters. The Bertz CT molecular complexity index is 273. The van der Waals surface area contributed by atoms with Gasteiger partial charge >= 0.3 is 0 Å². The number of rotatable bonds is 0. The Balaban J connectivity index is 2.34. The number of nitrogens with zero attached hydrogens (tertiary/aromatic N) is 1. The third-order valence-electron chi connectivity index (χ3n) is 1.68. The maximum Gasteiger partial charge on any atom is 0.180 e. The number of nitrogens with two attached hydrogens (primary N) is 1. The number of hydrogen-bond acceptors (Lipinski definition) is 5. The zero-order chi connectivity index (χ0) is 7.84. The van der Waals surface area contributed by atoms with E-state index >= 15 is 0 Å². The van der Waals surface area contributed by atoms with Crippen LogP contribution in [-0.2, 0) is 13.0 Å². The molecule has 4 nitrogen and oxygen atoms in total. The molecule has 4 N–H and O–H groups in total. The van der Waals surface area contributed by atoms with Gasteiger partial charge in [-0.15, -0.1) is 11.3 Å². The largest absolute Gasteiger partial charge is 0.378 e. The number of thiazole rings is 1. The molecule has 0 saturated carbocycles. The molecule has 0 fully saturated rings. The number of nitrogens with one attached hydrogen (secondary N) is 1. The van der Waals surface area contributed by atoms with Gasteiger partial charge in [-0.25, -0.2) is 4.98 Å². The zero-order valence-electron chi connectivity index (χ0n) is 5.87. The van der Waals surface area contributed by atoms with Gasteiger partial charge in [0.15, 0.2) is 5.13 Å². The lowest BCUT2D eigenvalue weighted by atomic mass is 10.2. The monoisotopic (exact) mass is 171 g/mol. The number of aliphatic hydroxyl groups is 1. The van der Waals surface area contributed by atoms with Crippen molar-refractivity contribution in [3.8, 4) is 0 Å². The highest BCUT2D eigenvalue weighted by molar-refractivity contribution is 7.15. The Morgan fingerprint density at radius 2 is 2.55 bits per heavy atom. The molecule has 0 amide bonds. The molecule has 0 spiro atoms. The molecule has 11 heavy (non-hydrogen) atoms. The Labute approximate surface area is 68.1 Å². The van der Waals surface area contributed by atoms with Crippen molar-refractivity contribution in [3.05, 3.63) is 10.6 Å². The van der Waals surface area contributed by atoms with Crippen LogP contribution < -0.4 is 11.1 Å². The van der Waals surface area contributed by atoms with E-state index in [1.54, 1.807) is 0 Å². The van der Waals surface area contributed by atoms with Gasteiger partial charge in [0.25, 0.3) is 0 Å². The van der Waals surface area contributed by atoms with Crippen LogP contribution in [0.2, 0.25) is 0 Å². The Hall–Kier alpha value is -0.650. The predicted octanol–water partition coefficient (Wildman–Crippen LogP) is -0.311. The molecule has 0 aromatic carbocycles. The maximum absolute atomic E-state index is 9.18. The molecule has 1 aromatic heterocycles. The highest BCUT2D eigenvalue weighted by Crippen LogP contribution is 2.23. The van der Waals surface area contributed by atoms with E-state index in [1.165, 1.54) is 11.3 Å². The van der Waals surface area contributed by atoms with Crippen LogP contribution in [0.1, 0.15) is 10.6 Å². The Morgan fingerprint density at radius 1 is 1.73 bits per heavy atom. The lowest BCUT2D eigenvalue weighted by molar-refractivity contribution is 0.128. The third-order valence-corrected chi connectivity index (χ3v) is 2.61. The minimum atomic E-state index is -0.455. The molecule has 2 heterocycles. The Morgan fingerprint density at radius 3 is 3.36 bits per heavy atom. The van der Waals surface area contributed by atoms with Gasteiger partial charge in [-0.1, -0.05) is 0 Å². The zero-order valence-corrected chi connectivity index (χ0v) is 6.69. The standard InChI is InChI=1S/C6H9N3OS/c7-6-9-3-1-5(10)8-2-4(3)11-6/h5,8,10H,1-2H2,(H2,7,9)/t5-/m1/s1. The van der Waals surface area contributed by atoms with Crippen molar-refractivity contribution in [3.63, 3.8) is 0 Å². The lowest BCUT2D eigenvalue weighted by Crippen LogP contribution is -2.34. The van der Waals surface area contributed by atoms with Crippen LogP contribution in [0.25, 0.3) is 0 Å². The topological polar surface area (TPSA) is 71.2 Å². The first kappa shape index (κ1) is 7.02. The van der Waals surface area contributed by atoms with Crippen molar-refractivity contribution in [1.29, 1.82) is 0 Å². The smallest absolute Gasteiger partial charge is 0.180 e. The second kappa shape index (κ2) is 2.44. The van der Waals surface area contributed by atoms with Crippen LogP contribution in [0.4, 0.5) is 5.13 Å². The van der Waals surface area contributed by atoms with Crippen LogP contribution in [0.15, 0.2) is 0 Å². The molecule has 1 aliphatic heterocycles. The van der Waals surface area contributed by atoms with Gasteiger partial charge in [0.2, 0.25) is 0 Å². The van der Waals surface area contributed by atoms with E-state index in [0.717, 1.165) is 10.6 Å². The fraction of sp³-hybridized carbons (Fsp3) is 0.500. The van der Waals surface area contributed by atoms with E-state index in [-0.39, 0.29) is 0 Å². The molecule has 0 aliphatic carbocycles. The summed E-state index contributed by atoms with van der Waals surface area (Å²) >= 11 is 1.49. The fourth-order valence-corrected chi connectivity index (χ4v) is 1.98. The van der Waals surface area contributed by atoms with Crippen LogP contribution >= 0.6 is 11.3 Å². The first-order valence-corrected chi connectivity index (χ1v) is 4.23. The molecular formula is C6H9N3OS. The van der Waals surface area contributed by atoms with Gasteiger partial charge in [-0.3, -0.25) is 5.32 Å². The van der Waals surface area contributed by atoms with Gasteiger partial charge in [-0.05, 0) is 0 Å². The number of aromatic nitrogens is 1. The minimum absolute atomic E-state index is 0.455. The molecule has 5 heteroatoms. The van der Waals surface area contributed by atoms with Gasteiger partial charge in [-0.2, -0.15) is 0 Å². The normalized spacial score (nSPS) is 23.2. The van der Waals surface area contributed by atoms with E-state index in [4.69, 9.17) is 5.73 Å². The van der Waals surface area contributed by atoms with Crippen molar-refractivity contribution < 1.29 is 5.11 Å². The van der Waals surface area contributed by atoms with E-state index < -0.39 is 6.23 Å². The van der Waals surface area contributed by atoms with Crippen LogP contribution in [-0.4, -0.2) is 16.3 Å². The number of fused-ring (bicyclic) bond motifs is 1. The van der Waals surface area contributed by atoms with Gasteiger partial charge in [0, 0.05) is 17.8 Å². The molecule has 1 atom stereocenters. The second-order valence-corrected chi connectivity index (χ2v) is 3.64. The molecule has 1 aromatic rings. The number of hydrogen-bond donors (Lipinski definition) is 3. The van der Waals surface area contributed by atoms with E-state index in [9.17, 15) is 5.11 Å². The summed E-state index contributed by atoms with van der Waals surface area (Å²) in [6.45, 7) is 0.686. The van der Waals surface area contributed by atoms with Gasteiger partial charge < -0.3 is 10.8 Å². The summed E-state index contributed by atoms with van der Waals surface area (Å²) < 4.78 is 0. The summed E-state index contributed by atoms with van der Waals surface area (Å²) in [6, 6.07) is 0. The van der Waals surface area contributed by atoms with Gasteiger partial charge in [0.05, 0.1) is 5.69 Å². The average molecular weight is 171 g/mol. The van der Waals surface area contributed by atoms with Crippen LogP contribution in [0, 0.1) is 0 Å². The lowest BCUT2D eigenvalue weighted by Gasteiger charge is -2.16. The summed E-state index contributed by atoms with van der Waals surface area (Å²) in [4.78, 5) is 5.24. The molecule has 0 bridgehead atoms. The quantitative estimate of drug-likeness (QED) is 0.500. The van der Waals surface area contributed by atoms with E-state index in [0.29, 0.717) is 18.1 Å². The molecule has 1 aliphatic rings. The molecular weight excluding hydrogens is 162 g/mol. The Kier molecular flexibility index (Phi) is 1.56. The molecule has 0 radical (unpaired) electrons. The highest BCUT2D eigenvalue weighted by Gasteiger charge is 2.18. The first-order chi connectivity index (χ1) is 5.25. The van der Waals surface area contributed by atoms with Crippen molar-refractivity contribution in [2.45, 2.75) is 19.2 Å². The summed E-state index contributed by atoms with van der Waals surface area (Å²) in [5, 5.41) is 12.7.